The van der Waals surface area contributed by atoms with E-state index >= 15 is 0 Å². The summed E-state index contributed by atoms with van der Waals surface area (Å²) >= 11 is 0. The number of piperidine rings is 1. The Balaban J connectivity index is 2.19. The van der Waals surface area contributed by atoms with Crippen LogP contribution >= 0.6 is 0 Å². The number of carboxylic acid groups (broad SMARTS) is 1. The van der Waals surface area contributed by atoms with Crippen molar-refractivity contribution in [1.82, 2.24) is 5.32 Å². The zero-order valence-electron chi connectivity index (χ0n) is 9.12. The molecule has 0 spiro atoms. The second-order valence-electron chi connectivity index (χ2n) is 4.23. The largest absolute Gasteiger partial charge is 0.481 e. The van der Waals surface area contributed by atoms with Crippen molar-refractivity contribution in [3.8, 4) is 0 Å². The number of rotatable bonds is 2. The van der Waals surface area contributed by atoms with Gasteiger partial charge in [-0.1, -0.05) is 6.07 Å². The minimum Gasteiger partial charge on any atom is -0.481 e. The lowest BCUT2D eigenvalue weighted by molar-refractivity contribution is -0.143. The van der Waals surface area contributed by atoms with Gasteiger partial charge in [0.15, 0.2) is 0 Å². The summed E-state index contributed by atoms with van der Waals surface area (Å²) < 4.78 is 26.3. The standard InChI is InChI=1S/C12H13F2NO2/c13-8-1-2-9(10(14)6-8)11-5-7(12(16)17)3-4-15-11/h1-2,6-7,11,15H,3-5H2,(H,16,17). The molecule has 1 fully saturated rings. The fourth-order valence-corrected chi connectivity index (χ4v) is 2.16. The molecule has 0 aromatic heterocycles. The van der Waals surface area contributed by atoms with Crippen LogP contribution in [0.25, 0.3) is 0 Å². The smallest absolute Gasteiger partial charge is 0.306 e. The molecule has 0 radical (unpaired) electrons. The van der Waals surface area contributed by atoms with Crippen molar-refractivity contribution >= 4 is 5.97 Å². The predicted octanol–water partition coefficient (Wildman–Crippen LogP) is 2.09. The first kappa shape index (κ1) is 12.0. The van der Waals surface area contributed by atoms with Crippen molar-refractivity contribution in [2.45, 2.75) is 18.9 Å². The van der Waals surface area contributed by atoms with E-state index in [0.717, 1.165) is 6.07 Å². The SMILES string of the molecule is O=C(O)C1CCNC(c2ccc(F)cc2F)C1. The van der Waals surface area contributed by atoms with Crippen molar-refractivity contribution < 1.29 is 18.7 Å². The third-order valence-electron chi connectivity index (χ3n) is 3.09. The van der Waals surface area contributed by atoms with Crippen LogP contribution in [0.3, 0.4) is 0 Å². The number of carbonyl (C=O) groups is 1. The van der Waals surface area contributed by atoms with Crippen molar-refractivity contribution in [3.05, 3.63) is 35.4 Å². The normalized spacial score (nSPS) is 24.6. The van der Waals surface area contributed by atoms with E-state index in [1.54, 1.807) is 0 Å². The zero-order valence-corrected chi connectivity index (χ0v) is 9.12. The summed E-state index contributed by atoms with van der Waals surface area (Å²) in [6.45, 7) is 0.526. The van der Waals surface area contributed by atoms with Gasteiger partial charge in [0.1, 0.15) is 11.6 Å². The highest BCUT2D eigenvalue weighted by Crippen LogP contribution is 2.29. The summed E-state index contributed by atoms with van der Waals surface area (Å²) in [7, 11) is 0. The van der Waals surface area contributed by atoms with Crippen molar-refractivity contribution in [2.75, 3.05) is 6.54 Å². The molecule has 1 aliphatic rings. The molecule has 92 valence electrons. The third-order valence-corrected chi connectivity index (χ3v) is 3.09. The molecular formula is C12H13F2NO2. The Labute approximate surface area is 97.5 Å². The molecule has 2 rings (SSSR count). The third kappa shape index (κ3) is 2.61. The van der Waals surface area contributed by atoms with Gasteiger partial charge in [-0.25, -0.2) is 8.78 Å². The number of hydrogen-bond donors (Lipinski definition) is 2. The van der Waals surface area contributed by atoms with Crippen molar-refractivity contribution in [2.24, 2.45) is 5.92 Å². The van der Waals surface area contributed by atoms with Gasteiger partial charge in [0.2, 0.25) is 0 Å². The Kier molecular flexibility index (Phi) is 3.38. The highest BCUT2D eigenvalue weighted by Gasteiger charge is 2.28. The van der Waals surface area contributed by atoms with Gasteiger partial charge in [-0.2, -0.15) is 0 Å². The van der Waals surface area contributed by atoms with Crippen LogP contribution in [0.4, 0.5) is 8.78 Å². The first-order valence-electron chi connectivity index (χ1n) is 5.49. The fraction of sp³-hybridized carbons (Fsp3) is 0.417. The van der Waals surface area contributed by atoms with Crippen LogP contribution in [-0.2, 0) is 4.79 Å². The van der Waals surface area contributed by atoms with Crippen LogP contribution in [0.2, 0.25) is 0 Å². The summed E-state index contributed by atoms with van der Waals surface area (Å²) in [5, 5.41) is 12.0. The number of benzene rings is 1. The molecule has 1 aromatic carbocycles. The minimum absolute atomic E-state index is 0.331. The van der Waals surface area contributed by atoms with Gasteiger partial charge in [0, 0.05) is 17.7 Å². The predicted molar refractivity (Wildman–Crippen MR) is 57.5 cm³/mol. The van der Waals surface area contributed by atoms with E-state index in [2.05, 4.69) is 5.32 Å². The van der Waals surface area contributed by atoms with Crippen LogP contribution in [0.1, 0.15) is 24.4 Å². The lowest BCUT2D eigenvalue weighted by Crippen LogP contribution is -2.35. The minimum atomic E-state index is -0.862. The van der Waals surface area contributed by atoms with Gasteiger partial charge in [0.05, 0.1) is 5.92 Å². The fourth-order valence-electron chi connectivity index (χ4n) is 2.16. The number of carboxylic acids is 1. The second-order valence-corrected chi connectivity index (χ2v) is 4.23. The Bertz CT molecular complexity index is 437. The Hall–Kier alpha value is -1.49. The lowest BCUT2D eigenvalue weighted by atomic mass is 9.88. The maximum absolute atomic E-state index is 13.5. The molecule has 1 aromatic rings. The van der Waals surface area contributed by atoms with E-state index in [4.69, 9.17) is 5.11 Å². The van der Waals surface area contributed by atoms with Crippen LogP contribution in [-0.4, -0.2) is 17.6 Å². The monoisotopic (exact) mass is 241 g/mol. The van der Waals surface area contributed by atoms with E-state index < -0.39 is 23.5 Å². The zero-order chi connectivity index (χ0) is 12.4. The lowest BCUT2D eigenvalue weighted by Gasteiger charge is -2.28. The van der Waals surface area contributed by atoms with Crippen molar-refractivity contribution in [1.29, 1.82) is 0 Å². The van der Waals surface area contributed by atoms with E-state index in [1.807, 2.05) is 0 Å². The van der Waals surface area contributed by atoms with Gasteiger partial charge in [-0.3, -0.25) is 4.79 Å². The second kappa shape index (κ2) is 4.79. The van der Waals surface area contributed by atoms with Crippen LogP contribution in [0.15, 0.2) is 18.2 Å². The highest BCUT2D eigenvalue weighted by atomic mass is 19.1. The maximum Gasteiger partial charge on any atom is 0.306 e. The van der Waals surface area contributed by atoms with Crippen molar-refractivity contribution in [3.63, 3.8) is 0 Å². The Morgan fingerprint density at radius 3 is 2.82 bits per heavy atom. The summed E-state index contributed by atoms with van der Waals surface area (Å²) in [5.74, 6) is -2.59. The highest BCUT2D eigenvalue weighted by molar-refractivity contribution is 5.70. The molecule has 2 unspecified atom stereocenters. The summed E-state index contributed by atoms with van der Waals surface area (Å²) in [6, 6.07) is 3.02. The molecule has 0 bridgehead atoms. The average molecular weight is 241 g/mol. The topological polar surface area (TPSA) is 49.3 Å². The first-order chi connectivity index (χ1) is 8.08. The molecule has 0 amide bonds. The van der Waals surface area contributed by atoms with E-state index in [-0.39, 0.29) is 6.04 Å². The van der Waals surface area contributed by atoms with E-state index in [0.29, 0.717) is 24.9 Å². The number of halogens is 2. The van der Waals surface area contributed by atoms with E-state index in [1.165, 1.54) is 12.1 Å². The molecule has 17 heavy (non-hydrogen) atoms. The molecule has 5 heteroatoms. The first-order valence-corrected chi connectivity index (χ1v) is 5.49. The molecule has 1 heterocycles. The van der Waals surface area contributed by atoms with Gasteiger partial charge in [-0.15, -0.1) is 0 Å². The number of hydrogen-bond acceptors (Lipinski definition) is 2. The summed E-state index contributed by atoms with van der Waals surface area (Å²) in [6.07, 6.45) is 0.868. The van der Waals surface area contributed by atoms with Crippen LogP contribution in [0.5, 0.6) is 0 Å². The van der Waals surface area contributed by atoms with Gasteiger partial charge >= 0.3 is 5.97 Å². The average Bonchev–Trinajstić information content (AvgIpc) is 2.29. The molecule has 3 nitrogen and oxygen atoms in total. The summed E-state index contributed by atoms with van der Waals surface area (Å²) in [4.78, 5) is 10.9. The number of nitrogens with one attached hydrogen (secondary N) is 1. The summed E-state index contributed by atoms with van der Waals surface area (Å²) in [5.41, 5.74) is 0.331. The number of aliphatic carboxylic acids is 1. The van der Waals surface area contributed by atoms with Crippen LogP contribution in [0, 0.1) is 17.6 Å². The molecule has 0 aliphatic carbocycles. The van der Waals surface area contributed by atoms with Gasteiger partial charge in [0.25, 0.3) is 0 Å². The molecular weight excluding hydrogens is 228 g/mol. The Morgan fingerprint density at radius 2 is 2.18 bits per heavy atom. The van der Waals surface area contributed by atoms with Crippen LogP contribution < -0.4 is 5.32 Å². The van der Waals surface area contributed by atoms with E-state index in [9.17, 15) is 13.6 Å². The Morgan fingerprint density at radius 1 is 1.41 bits per heavy atom. The molecule has 1 aliphatic heterocycles. The molecule has 0 saturated carbocycles. The molecule has 2 N–H and O–H groups in total. The molecule has 2 atom stereocenters. The quantitative estimate of drug-likeness (QED) is 0.833. The van der Waals surface area contributed by atoms with Gasteiger partial charge < -0.3 is 10.4 Å². The van der Waals surface area contributed by atoms with Gasteiger partial charge in [-0.05, 0) is 25.5 Å². The maximum atomic E-state index is 13.5. The molecule has 1 saturated heterocycles.